The van der Waals surface area contributed by atoms with Crippen LogP contribution < -0.4 is 15.5 Å². The van der Waals surface area contributed by atoms with E-state index in [1.54, 1.807) is 36.4 Å². The van der Waals surface area contributed by atoms with E-state index in [4.69, 9.17) is 16.3 Å². The Morgan fingerprint density at radius 2 is 1.76 bits per heavy atom. The van der Waals surface area contributed by atoms with Gasteiger partial charge in [0.1, 0.15) is 11.9 Å². The van der Waals surface area contributed by atoms with Gasteiger partial charge in [0.25, 0.3) is 0 Å². The number of imide groups is 1. The van der Waals surface area contributed by atoms with Gasteiger partial charge in [-0.3, -0.25) is 24.6 Å². The molecule has 0 spiro atoms. The molecule has 2 atom stereocenters. The highest BCUT2D eigenvalue weighted by Crippen LogP contribution is 2.26. The van der Waals surface area contributed by atoms with Gasteiger partial charge in [0.15, 0.2) is 0 Å². The molecule has 0 unspecified atom stereocenters. The van der Waals surface area contributed by atoms with Crippen LogP contribution in [-0.2, 0) is 19.1 Å². The predicted octanol–water partition coefficient (Wildman–Crippen LogP) is 2.65. The molecule has 2 saturated heterocycles. The highest BCUT2D eigenvalue weighted by Gasteiger charge is 2.40. The van der Waals surface area contributed by atoms with Gasteiger partial charge in [-0.15, -0.1) is 0 Å². The molecule has 3 heterocycles. The number of pyridine rings is 1. The van der Waals surface area contributed by atoms with Gasteiger partial charge in [-0.05, 0) is 36.4 Å². The van der Waals surface area contributed by atoms with Gasteiger partial charge in [0.2, 0.25) is 17.7 Å². The van der Waals surface area contributed by atoms with Crippen LogP contribution in [0.1, 0.15) is 19.3 Å². The summed E-state index contributed by atoms with van der Waals surface area (Å²) in [5.74, 6) is -0.559. The fraction of sp³-hybridized carbons (Fsp3) is 0.318. The molecule has 4 rings (SSSR count). The Hall–Kier alpha value is -3.50. The number of nitrogens with zero attached hydrogens (tertiary/aromatic N) is 3. The Morgan fingerprint density at radius 1 is 1.06 bits per heavy atom. The second-order valence-electron chi connectivity index (χ2n) is 7.71. The van der Waals surface area contributed by atoms with Crippen LogP contribution in [0.3, 0.4) is 0 Å². The molecule has 172 valence electrons. The lowest BCUT2D eigenvalue weighted by Crippen LogP contribution is -2.45. The maximum absolute atomic E-state index is 13.0. The zero-order valence-electron chi connectivity index (χ0n) is 17.8. The average Bonchev–Trinajstić information content (AvgIpc) is 3.39. The number of rotatable bonds is 5. The number of benzene rings is 1. The first-order valence-electron chi connectivity index (χ1n) is 10.3. The number of urea groups is 1. The number of hydrogen-bond donors (Lipinski definition) is 2. The van der Waals surface area contributed by atoms with Crippen molar-refractivity contribution in [1.82, 2.24) is 9.88 Å². The highest BCUT2D eigenvalue weighted by molar-refractivity contribution is 6.30. The molecule has 2 aromatic rings. The molecule has 0 aliphatic carbocycles. The normalized spacial score (nSPS) is 20.3. The number of halogens is 1. The first-order valence-corrected chi connectivity index (χ1v) is 10.7. The Balaban J connectivity index is 1.44. The molecule has 10 nitrogen and oxygen atoms in total. The van der Waals surface area contributed by atoms with Crippen LogP contribution in [0.4, 0.5) is 22.0 Å². The molecule has 2 N–H and O–H groups in total. The van der Waals surface area contributed by atoms with E-state index in [0.29, 0.717) is 28.6 Å². The molecule has 0 saturated carbocycles. The first kappa shape index (κ1) is 22.7. The van der Waals surface area contributed by atoms with Gasteiger partial charge in [0.05, 0.1) is 16.8 Å². The summed E-state index contributed by atoms with van der Waals surface area (Å²) in [6.45, 7) is 0.242. The molecule has 2 fully saturated rings. The fourth-order valence-electron chi connectivity index (χ4n) is 3.86. The lowest BCUT2D eigenvalue weighted by Gasteiger charge is -2.24. The van der Waals surface area contributed by atoms with Crippen LogP contribution in [0, 0.1) is 0 Å². The minimum atomic E-state index is -0.760. The topological polar surface area (TPSA) is 121 Å². The summed E-state index contributed by atoms with van der Waals surface area (Å²) < 4.78 is 5.38. The zero-order valence-corrected chi connectivity index (χ0v) is 18.5. The summed E-state index contributed by atoms with van der Waals surface area (Å²) in [6, 6.07) is 8.34. The van der Waals surface area contributed by atoms with Crippen LogP contribution in [0.25, 0.3) is 0 Å². The van der Waals surface area contributed by atoms with Crippen molar-refractivity contribution in [3.05, 3.63) is 47.6 Å². The van der Waals surface area contributed by atoms with Crippen molar-refractivity contribution < 1.29 is 23.9 Å². The van der Waals surface area contributed by atoms with E-state index >= 15 is 0 Å². The molecule has 1 aromatic carbocycles. The van der Waals surface area contributed by atoms with Gasteiger partial charge >= 0.3 is 6.03 Å². The van der Waals surface area contributed by atoms with Crippen molar-refractivity contribution in [1.29, 1.82) is 0 Å². The lowest BCUT2D eigenvalue weighted by atomic mass is 10.1. The van der Waals surface area contributed by atoms with E-state index in [1.807, 2.05) is 0 Å². The summed E-state index contributed by atoms with van der Waals surface area (Å²) in [5.41, 5.74) is 0.931. The first-order chi connectivity index (χ1) is 15.9. The van der Waals surface area contributed by atoms with Crippen molar-refractivity contribution >= 4 is 52.5 Å². The molecule has 5 amide bonds. The largest absolute Gasteiger partial charge is 0.380 e. The van der Waals surface area contributed by atoms with E-state index < -0.39 is 12.1 Å². The van der Waals surface area contributed by atoms with Crippen LogP contribution in [0.2, 0.25) is 5.02 Å². The van der Waals surface area contributed by atoms with E-state index in [1.165, 1.54) is 18.2 Å². The highest BCUT2D eigenvalue weighted by atomic mass is 35.5. The third kappa shape index (κ3) is 4.96. The van der Waals surface area contributed by atoms with Crippen LogP contribution >= 0.6 is 11.6 Å². The van der Waals surface area contributed by atoms with E-state index in [2.05, 4.69) is 15.6 Å². The number of anilines is 3. The summed E-state index contributed by atoms with van der Waals surface area (Å²) in [6.07, 6.45) is 1.85. The predicted molar refractivity (Wildman–Crippen MR) is 121 cm³/mol. The molecule has 0 radical (unpaired) electrons. The number of amides is 5. The number of aromatic nitrogens is 1. The fourth-order valence-corrected chi connectivity index (χ4v) is 3.97. The van der Waals surface area contributed by atoms with Crippen molar-refractivity contribution in [2.45, 2.75) is 31.4 Å². The number of likely N-dealkylation sites (tertiary alicyclic amines) is 1. The summed E-state index contributed by atoms with van der Waals surface area (Å²) in [5, 5.41) is 5.89. The molecule has 1 aromatic heterocycles. The molecular formula is C22H22ClN5O5. The van der Waals surface area contributed by atoms with Crippen molar-refractivity contribution in [3.8, 4) is 0 Å². The van der Waals surface area contributed by atoms with E-state index in [-0.39, 0.29) is 43.2 Å². The Morgan fingerprint density at radius 3 is 2.36 bits per heavy atom. The number of carbonyl (C=O) groups excluding carboxylic acids is 4. The number of hydrogen-bond acceptors (Lipinski definition) is 6. The Bertz CT molecular complexity index is 1060. The van der Waals surface area contributed by atoms with Crippen molar-refractivity contribution in [3.63, 3.8) is 0 Å². The smallest absolute Gasteiger partial charge is 0.323 e. The number of ether oxygens (including phenoxy) is 1. The number of carbonyl (C=O) groups is 4. The third-order valence-electron chi connectivity index (χ3n) is 5.57. The molecule has 11 heteroatoms. The third-order valence-corrected chi connectivity index (χ3v) is 5.79. The number of methoxy groups -OCH3 is 1. The average molecular weight is 472 g/mol. The lowest BCUT2D eigenvalue weighted by molar-refractivity contribution is -0.121. The number of nitrogens with one attached hydrogen (secondary N) is 2. The van der Waals surface area contributed by atoms with Crippen LogP contribution in [-0.4, -0.2) is 59.4 Å². The molecule has 2 aliphatic rings. The molecule has 33 heavy (non-hydrogen) atoms. The van der Waals surface area contributed by atoms with Gasteiger partial charge in [0, 0.05) is 44.8 Å². The molecule has 2 aliphatic heterocycles. The Labute approximate surface area is 194 Å². The minimum absolute atomic E-state index is 0.198. The summed E-state index contributed by atoms with van der Waals surface area (Å²) >= 11 is 5.82. The minimum Gasteiger partial charge on any atom is -0.380 e. The monoisotopic (exact) mass is 471 g/mol. The molecular weight excluding hydrogens is 450 g/mol. The second kappa shape index (κ2) is 9.55. The van der Waals surface area contributed by atoms with Crippen LogP contribution in [0.5, 0.6) is 0 Å². The van der Waals surface area contributed by atoms with Crippen LogP contribution in [0.15, 0.2) is 42.6 Å². The van der Waals surface area contributed by atoms with E-state index in [9.17, 15) is 19.2 Å². The van der Waals surface area contributed by atoms with Gasteiger partial charge in [-0.25, -0.2) is 9.78 Å². The maximum Gasteiger partial charge on any atom is 0.323 e. The van der Waals surface area contributed by atoms with Gasteiger partial charge < -0.3 is 15.0 Å². The second-order valence-corrected chi connectivity index (χ2v) is 8.15. The van der Waals surface area contributed by atoms with Gasteiger partial charge in [-0.2, -0.15) is 0 Å². The SMILES string of the molecule is CO[C@@H]1C[C@H](C(=O)Nc2ccc(N3C(=O)CCC3=O)cc2)N(C(=O)Nc2ccc(Cl)cn2)C1. The Kier molecular flexibility index (Phi) is 6.57. The van der Waals surface area contributed by atoms with Crippen molar-refractivity contribution in [2.24, 2.45) is 0 Å². The maximum atomic E-state index is 13.0. The quantitative estimate of drug-likeness (QED) is 0.647. The summed E-state index contributed by atoms with van der Waals surface area (Å²) in [4.78, 5) is 56.2. The standard InChI is InChI=1S/C22H22ClN5O5/c1-33-16-10-17(27(12-16)22(32)26-18-7-2-13(23)11-24-18)21(31)25-14-3-5-15(6-4-14)28-19(29)8-9-20(28)30/h2-7,11,16-17H,8-10,12H2,1H3,(H,25,31)(H,24,26,32)/t16-,17-/m1/s1. The van der Waals surface area contributed by atoms with Crippen molar-refractivity contribution in [2.75, 3.05) is 29.2 Å². The van der Waals surface area contributed by atoms with Gasteiger partial charge in [-0.1, -0.05) is 11.6 Å². The zero-order chi connectivity index (χ0) is 23.5. The summed E-state index contributed by atoms with van der Waals surface area (Å²) in [7, 11) is 1.53. The molecule has 0 bridgehead atoms. The van der Waals surface area contributed by atoms with E-state index in [0.717, 1.165) is 4.90 Å².